The molecule has 0 aromatic carbocycles. The Kier molecular flexibility index (Phi) is 3.63. The fourth-order valence-corrected chi connectivity index (χ4v) is 7.80. The van der Waals surface area contributed by atoms with Crippen molar-refractivity contribution in [2.75, 3.05) is 20.8 Å². The molecule has 2 spiro atoms. The van der Waals surface area contributed by atoms with E-state index in [4.69, 9.17) is 9.47 Å². The zero-order valence-electron chi connectivity index (χ0n) is 16.3. The fraction of sp³-hybridized carbons (Fsp3) is 0.773. The summed E-state index contributed by atoms with van der Waals surface area (Å²) in [4.78, 5) is 15.3. The summed E-state index contributed by atoms with van der Waals surface area (Å²) in [5, 5.41) is 0. The summed E-state index contributed by atoms with van der Waals surface area (Å²) in [6.07, 6.45) is 12.8. The van der Waals surface area contributed by atoms with Crippen LogP contribution in [0.15, 0.2) is 23.5 Å². The third kappa shape index (κ3) is 1.92. The molecule has 2 heterocycles. The first-order chi connectivity index (χ1) is 12.6. The molecule has 2 saturated heterocycles. The molecular formula is C22H31NO3. The second kappa shape index (κ2) is 5.60. The molecule has 6 atom stereocenters. The molecule has 4 heteroatoms. The lowest BCUT2D eigenvalue weighted by atomic mass is 9.37. The van der Waals surface area contributed by atoms with E-state index in [1.54, 1.807) is 5.57 Å². The number of allylic oxidation sites excluding steroid dienone is 3. The molecular weight excluding hydrogens is 326 g/mol. The van der Waals surface area contributed by atoms with Gasteiger partial charge in [0.1, 0.15) is 0 Å². The minimum atomic E-state index is 0.0395. The number of ether oxygens (including phenoxy) is 2. The van der Waals surface area contributed by atoms with Crippen LogP contribution in [0.1, 0.15) is 51.9 Å². The molecule has 26 heavy (non-hydrogen) atoms. The molecule has 5 bridgehead atoms. The highest BCUT2D eigenvalue weighted by molar-refractivity contribution is 5.74. The molecule has 0 radical (unpaired) electrons. The van der Waals surface area contributed by atoms with E-state index in [0.29, 0.717) is 24.6 Å². The van der Waals surface area contributed by atoms with Crippen molar-refractivity contribution in [2.45, 2.75) is 64.0 Å². The number of piperidine rings is 2. The quantitative estimate of drug-likeness (QED) is 0.722. The zero-order chi connectivity index (χ0) is 18.1. The summed E-state index contributed by atoms with van der Waals surface area (Å²) in [6.45, 7) is 2.41. The molecule has 3 saturated carbocycles. The van der Waals surface area contributed by atoms with Crippen LogP contribution in [0.3, 0.4) is 0 Å². The van der Waals surface area contributed by atoms with Gasteiger partial charge in [0, 0.05) is 23.9 Å². The molecule has 5 fully saturated rings. The van der Waals surface area contributed by atoms with Crippen LogP contribution in [0.2, 0.25) is 0 Å². The van der Waals surface area contributed by atoms with E-state index in [1.807, 2.05) is 14.0 Å². The number of fused-ring (bicyclic) bond motifs is 1. The van der Waals surface area contributed by atoms with Gasteiger partial charge >= 0.3 is 5.97 Å². The normalized spacial score (nSPS) is 46.1. The maximum absolute atomic E-state index is 12.7. The maximum Gasteiger partial charge on any atom is 0.310 e. The van der Waals surface area contributed by atoms with Crippen molar-refractivity contribution < 1.29 is 14.3 Å². The van der Waals surface area contributed by atoms with Crippen molar-refractivity contribution in [3.63, 3.8) is 0 Å². The van der Waals surface area contributed by atoms with Crippen LogP contribution in [-0.2, 0) is 14.3 Å². The van der Waals surface area contributed by atoms with Gasteiger partial charge < -0.3 is 9.47 Å². The summed E-state index contributed by atoms with van der Waals surface area (Å²) in [5.41, 5.74) is 2.23. The Bertz CT molecular complexity index is 698. The van der Waals surface area contributed by atoms with Crippen molar-refractivity contribution in [1.82, 2.24) is 4.90 Å². The van der Waals surface area contributed by atoms with E-state index < -0.39 is 0 Å². The SMILES string of the molecule is CCOC(=O)C1C[C@]23CCCC45CC(OC)=CC=C4CC2N(C)C1CC53. The lowest BCUT2D eigenvalue weighted by Gasteiger charge is -2.73. The third-order valence-corrected chi connectivity index (χ3v) is 8.71. The maximum atomic E-state index is 12.7. The number of methoxy groups -OCH3 is 1. The van der Waals surface area contributed by atoms with E-state index in [1.165, 1.54) is 25.7 Å². The van der Waals surface area contributed by atoms with Gasteiger partial charge in [0.2, 0.25) is 0 Å². The van der Waals surface area contributed by atoms with E-state index in [-0.39, 0.29) is 22.7 Å². The molecule has 2 aliphatic heterocycles. The third-order valence-electron chi connectivity index (χ3n) is 8.71. The Morgan fingerprint density at radius 3 is 2.96 bits per heavy atom. The van der Waals surface area contributed by atoms with Crippen LogP contribution in [0.4, 0.5) is 0 Å². The predicted molar refractivity (Wildman–Crippen MR) is 99.3 cm³/mol. The second-order valence-corrected chi connectivity index (χ2v) is 9.25. The summed E-state index contributed by atoms with van der Waals surface area (Å²) >= 11 is 0. The molecule has 0 aromatic rings. The van der Waals surface area contributed by atoms with Crippen molar-refractivity contribution in [3.8, 4) is 0 Å². The number of rotatable bonds is 3. The number of carbonyl (C=O) groups excluding carboxylic acids is 1. The van der Waals surface area contributed by atoms with Crippen LogP contribution < -0.4 is 0 Å². The van der Waals surface area contributed by atoms with Gasteiger partial charge in [0.25, 0.3) is 0 Å². The first-order valence-electron chi connectivity index (χ1n) is 10.4. The first kappa shape index (κ1) is 16.9. The Morgan fingerprint density at radius 1 is 1.35 bits per heavy atom. The molecule has 5 unspecified atom stereocenters. The number of hydrogen-bond acceptors (Lipinski definition) is 4. The van der Waals surface area contributed by atoms with Crippen LogP contribution in [0.25, 0.3) is 0 Å². The Morgan fingerprint density at radius 2 is 2.19 bits per heavy atom. The van der Waals surface area contributed by atoms with Crippen molar-refractivity contribution in [2.24, 2.45) is 22.7 Å². The molecule has 0 N–H and O–H groups in total. The lowest BCUT2D eigenvalue weighted by molar-refractivity contribution is -0.218. The minimum Gasteiger partial charge on any atom is -0.501 e. The average Bonchev–Trinajstić information content (AvgIpc) is 2.64. The van der Waals surface area contributed by atoms with Crippen molar-refractivity contribution >= 4 is 5.97 Å². The molecule has 0 aromatic heterocycles. The van der Waals surface area contributed by atoms with Crippen LogP contribution in [0.5, 0.6) is 0 Å². The van der Waals surface area contributed by atoms with Crippen LogP contribution in [-0.4, -0.2) is 43.7 Å². The molecule has 4 nitrogen and oxygen atoms in total. The van der Waals surface area contributed by atoms with Crippen LogP contribution in [0, 0.1) is 22.7 Å². The van der Waals surface area contributed by atoms with Crippen molar-refractivity contribution in [1.29, 1.82) is 0 Å². The number of hydrogen-bond donors (Lipinski definition) is 0. The van der Waals surface area contributed by atoms with Crippen LogP contribution >= 0.6 is 0 Å². The smallest absolute Gasteiger partial charge is 0.310 e. The van der Waals surface area contributed by atoms with Gasteiger partial charge in [0.15, 0.2) is 0 Å². The molecule has 6 aliphatic rings. The van der Waals surface area contributed by atoms with E-state index in [2.05, 4.69) is 24.1 Å². The van der Waals surface area contributed by atoms with E-state index in [0.717, 1.165) is 25.0 Å². The molecule has 0 amide bonds. The van der Waals surface area contributed by atoms with Gasteiger partial charge in [-0.2, -0.15) is 0 Å². The lowest BCUT2D eigenvalue weighted by Crippen LogP contribution is -2.74. The standard InChI is InChI=1S/C22H31NO3/c1-4-26-20(24)16-13-22-9-5-8-21-12-15(25-3)7-6-14(21)10-19(22)23(2)17(16)11-18(21)22/h6-7,16-19H,4-5,8-13H2,1-3H3/t16?,17?,18?,19?,21?,22-/m0/s1. The Labute approximate surface area is 156 Å². The number of nitrogens with zero attached hydrogens (tertiary/aromatic N) is 1. The van der Waals surface area contributed by atoms with Crippen molar-refractivity contribution in [3.05, 3.63) is 23.5 Å². The second-order valence-electron chi connectivity index (χ2n) is 9.25. The largest absolute Gasteiger partial charge is 0.501 e. The highest BCUT2D eigenvalue weighted by atomic mass is 16.5. The van der Waals surface area contributed by atoms with Gasteiger partial charge in [-0.1, -0.05) is 18.1 Å². The molecule has 142 valence electrons. The van der Waals surface area contributed by atoms with Gasteiger partial charge in [-0.3, -0.25) is 9.69 Å². The summed E-state index contributed by atoms with van der Waals surface area (Å²) in [5.74, 6) is 1.94. The summed E-state index contributed by atoms with van der Waals surface area (Å²) in [6, 6.07) is 0.938. The van der Waals surface area contributed by atoms with E-state index in [9.17, 15) is 4.79 Å². The highest BCUT2D eigenvalue weighted by Gasteiger charge is 2.70. The predicted octanol–water partition coefficient (Wildman–Crippen LogP) is 3.68. The van der Waals surface area contributed by atoms with E-state index >= 15 is 0 Å². The topological polar surface area (TPSA) is 38.8 Å². The highest BCUT2D eigenvalue weighted by Crippen LogP contribution is 2.73. The first-order valence-corrected chi connectivity index (χ1v) is 10.4. The molecule has 4 aliphatic carbocycles. The average molecular weight is 357 g/mol. The summed E-state index contributed by atoms with van der Waals surface area (Å²) < 4.78 is 11.2. The summed E-state index contributed by atoms with van der Waals surface area (Å²) in [7, 11) is 4.07. The minimum absolute atomic E-state index is 0.0395. The van der Waals surface area contributed by atoms with Gasteiger partial charge in [-0.25, -0.2) is 0 Å². The van der Waals surface area contributed by atoms with Gasteiger partial charge in [0.05, 0.1) is 25.4 Å². The monoisotopic (exact) mass is 357 g/mol. The Balaban J connectivity index is 1.57. The number of carbonyl (C=O) groups is 1. The Hall–Kier alpha value is -1.29. The molecule has 6 rings (SSSR count). The zero-order valence-corrected chi connectivity index (χ0v) is 16.3. The number of esters is 1. The van der Waals surface area contributed by atoms with Gasteiger partial charge in [-0.05, 0) is 63.5 Å². The fourth-order valence-electron chi connectivity index (χ4n) is 7.80. The van der Waals surface area contributed by atoms with Gasteiger partial charge in [-0.15, -0.1) is 0 Å².